The van der Waals surface area contributed by atoms with Crippen molar-refractivity contribution in [2.75, 3.05) is 11.6 Å². The first-order valence-corrected chi connectivity index (χ1v) is 9.80. The highest BCUT2D eigenvalue weighted by molar-refractivity contribution is 7.89. The maximum absolute atomic E-state index is 12.1. The van der Waals surface area contributed by atoms with E-state index in [4.69, 9.17) is 11.6 Å². The van der Waals surface area contributed by atoms with Crippen LogP contribution in [-0.2, 0) is 26.8 Å². The number of hydrogen-bond donors (Lipinski definition) is 1. The fraction of sp³-hybridized carbons (Fsp3) is 0.267. The summed E-state index contributed by atoms with van der Waals surface area (Å²) in [5.41, 5.74) is 2.10. The molecule has 0 fully saturated rings. The van der Waals surface area contributed by atoms with Crippen LogP contribution in [0.2, 0.25) is 4.34 Å². The Hall–Kier alpha value is -1.37. The Morgan fingerprint density at radius 3 is 2.59 bits per heavy atom. The van der Waals surface area contributed by atoms with E-state index >= 15 is 0 Å². The standard InChI is InChI=1S/C15H16ClNO3S2/c1-10-11(9-22(2,19)20)4-3-5-13(10)17-15(18)8-12-6-7-14(16)21-12/h3-7H,8-9H2,1-2H3,(H,17,18). The number of carbonyl (C=O) groups excluding carboxylic acids is 1. The molecule has 1 aromatic carbocycles. The fourth-order valence-electron chi connectivity index (χ4n) is 2.06. The molecule has 2 aromatic rings. The lowest BCUT2D eigenvalue weighted by Crippen LogP contribution is -2.15. The first kappa shape index (κ1) is 17.0. The number of sulfone groups is 1. The van der Waals surface area contributed by atoms with Gasteiger partial charge in [-0.2, -0.15) is 0 Å². The fourth-order valence-corrected chi connectivity index (χ4v) is 4.02. The van der Waals surface area contributed by atoms with E-state index in [9.17, 15) is 13.2 Å². The summed E-state index contributed by atoms with van der Waals surface area (Å²) >= 11 is 7.21. The Bertz CT molecular complexity index is 797. The SMILES string of the molecule is Cc1c(CS(C)(=O)=O)cccc1NC(=O)Cc1ccc(Cl)s1. The number of carbonyl (C=O) groups is 1. The van der Waals surface area contributed by atoms with Crippen LogP contribution in [0.3, 0.4) is 0 Å². The minimum absolute atomic E-state index is 0.0386. The number of halogens is 1. The van der Waals surface area contributed by atoms with E-state index < -0.39 is 9.84 Å². The number of benzene rings is 1. The van der Waals surface area contributed by atoms with Crippen LogP contribution in [0.4, 0.5) is 5.69 Å². The number of anilines is 1. The molecule has 1 aromatic heterocycles. The quantitative estimate of drug-likeness (QED) is 0.891. The monoisotopic (exact) mass is 357 g/mol. The molecule has 1 heterocycles. The molecule has 1 amide bonds. The van der Waals surface area contributed by atoms with Gasteiger partial charge < -0.3 is 5.32 Å². The maximum atomic E-state index is 12.1. The summed E-state index contributed by atoms with van der Waals surface area (Å²) < 4.78 is 23.5. The molecule has 0 bridgehead atoms. The number of rotatable bonds is 5. The highest BCUT2D eigenvalue weighted by Crippen LogP contribution is 2.23. The van der Waals surface area contributed by atoms with Gasteiger partial charge in [0.05, 0.1) is 16.5 Å². The molecule has 118 valence electrons. The van der Waals surface area contributed by atoms with E-state index in [2.05, 4.69) is 5.32 Å². The van der Waals surface area contributed by atoms with Crippen molar-refractivity contribution >= 4 is 44.4 Å². The van der Waals surface area contributed by atoms with Crippen molar-refractivity contribution in [1.29, 1.82) is 0 Å². The summed E-state index contributed by atoms with van der Waals surface area (Å²) in [6.45, 7) is 1.80. The molecule has 7 heteroatoms. The van der Waals surface area contributed by atoms with E-state index in [1.807, 2.05) is 6.07 Å². The Labute approximate surface area is 139 Å². The van der Waals surface area contributed by atoms with Gasteiger partial charge in [0.2, 0.25) is 5.91 Å². The highest BCUT2D eigenvalue weighted by atomic mass is 35.5. The van der Waals surface area contributed by atoms with Crippen molar-refractivity contribution in [3.8, 4) is 0 Å². The molecule has 0 saturated heterocycles. The van der Waals surface area contributed by atoms with Gasteiger partial charge in [0.25, 0.3) is 0 Å². The molecule has 0 spiro atoms. The molecule has 0 aliphatic heterocycles. The Kier molecular flexibility index (Phi) is 5.26. The van der Waals surface area contributed by atoms with Gasteiger partial charge >= 0.3 is 0 Å². The highest BCUT2D eigenvalue weighted by Gasteiger charge is 2.12. The Morgan fingerprint density at radius 2 is 2.00 bits per heavy atom. The smallest absolute Gasteiger partial charge is 0.229 e. The van der Waals surface area contributed by atoms with Crippen molar-refractivity contribution in [3.05, 3.63) is 50.7 Å². The van der Waals surface area contributed by atoms with E-state index in [-0.39, 0.29) is 18.1 Å². The third kappa shape index (κ3) is 4.83. The van der Waals surface area contributed by atoms with Crippen molar-refractivity contribution in [3.63, 3.8) is 0 Å². The van der Waals surface area contributed by atoms with Gasteiger partial charge in [0.1, 0.15) is 0 Å². The lowest BCUT2D eigenvalue weighted by Gasteiger charge is -2.12. The average molecular weight is 358 g/mol. The predicted octanol–water partition coefficient (Wildman–Crippen LogP) is 3.44. The topological polar surface area (TPSA) is 63.2 Å². The van der Waals surface area contributed by atoms with Crippen LogP contribution >= 0.6 is 22.9 Å². The molecule has 0 aliphatic carbocycles. The number of thiophene rings is 1. The van der Waals surface area contributed by atoms with Crippen LogP contribution < -0.4 is 5.32 Å². The van der Waals surface area contributed by atoms with Crippen molar-refractivity contribution < 1.29 is 13.2 Å². The van der Waals surface area contributed by atoms with Gasteiger partial charge in [0.15, 0.2) is 9.84 Å². The Balaban J connectivity index is 2.12. The van der Waals surface area contributed by atoms with Gasteiger partial charge in [-0.05, 0) is 36.2 Å². The summed E-state index contributed by atoms with van der Waals surface area (Å²) in [5, 5.41) is 2.82. The van der Waals surface area contributed by atoms with Crippen LogP contribution in [0.5, 0.6) is 0 Å². The second-order valence-electron chi connectivity index (χ2n) is 5.09. The zero-order chi connectivity index (χ0) is 16.3. The summed E-state index contributed by atoms with van der Waals surface area (Å²) in [6.07, 6.45) is 1.44. The van der Waals surface area contributed by atoms with Crippen molar-refractivity contribution in [2.24, 2.45) is 0 Å². The van der Waals surface area contributed by atoms with Crippen molar-refractivity contribution in [1.82, 2.24) is 0 Å². The predicted molar refractivity (Wildman–Crippen MR) is 91.4 cm³/mol. The van der Waals surface area contributed by atoms with Crippen LogP contribution in [0.25, 0.3) is 0 Å². The van der Waals surface area contributed by atoms with Gasteiger partial charge in [0, 0.05) is 16.8 Å². The van der Waals surface area contributed by atoms with Gasteiger partial charge in [-0.25, -0.2) is 8.42 Å². The molecule has 0 unspecified atom stereocenters. The first-order valence-electron chi connectivity index (χ1n) is 6.55. The summed E-state index contributed by atoms with van der Waals surface area (Å²) in [4.78, 5) is 13.0. The molecular weight excluding hydrogens is 342 g/mol. The molecule has 22 heavy (non-hydrogen) atoms. The molecule has 0 atom stereocenters. The molecule has 0 aliphatic rings. The molecule has 4 nitrogen and oxygen atoms in total. The summed E-state index contributed by atoms with van der Waals surface area (Å²) in [6, 6.07) is 8.84. The number of hydrogen-bond acceptors (Lipinski definition) is 4. The van der Waals surface area contributed by atoms with Crippen LogP contribution in [0, 0.1) is 6.92 Å². The second-order valence-corrected chi connectivity index (χ2v) is 9.03. The van der Waals surface area contributed by atoms with Crippen molar-refractivity contribution in [2.45, 2.75) is 19.1 Å². The third-order valence-electron chi connectivity index (χ3n) is 3.10. The third-order valence-corrected chi connectivity index (χ3v) is 5.17. The normalized spacial score (nSPS) is 11.4. The minimum atomic E-state index is -3.12. The Morgan fingerprint density at radius 1 is 1.27 bits per heavy atom. The lowest BCUT2D eigenvalue weighted by atomic mass is 10.1. The van der Waals surface area contributed by atoms with E-state index in [1.165, 1.54) is 17.6 Å². The molecule has 0 saturated carbocycles. The van der Waals surface area contributed by atoms with Gasteiger partial charge in [-0.3, -0.25) is 4.79 Å². The zero-order valence-corrected chi connectivity index (χ0v) is 14.6. The van der Waals surface area contributed by atoms with E-state index in [0.29, 0.717) is 15.6 Å². The zero-order valence-electron chi connectivity index (χ0n) is 12.2. The first-order chi connectivity index (χ1) is 10.2. The molecule has 0 radical (unpaired) electrons. The summed E-state index contributed by atoms with van der Waals surface area (Å²) in [5.74, 6) is -0.193. The number of nitrogens with one attached hydrogen (secondary N) is 1. The van der Waals surface area contributed by atoms with E-state index in [0.717, 1.165) is 10.4 Å². The maximum Gasteiger partial charge on any atom is 0.229 e. The van der Waals surface area contributed by atoms with Gasteiger partial charge in [-0.15, -0.1) is 11.3 Å². The van der Waals surface area contributed by atoms with Crippen LogP contribution in [0.1, 0.15) is 16.0 Å². The minimum Gasteiger partial charge on any atom is -0.326 e. The molecule has 1 N–H and O–H groups in total. The lowest BCUT2D eigenvalue weighted by molar-refractivity contribution is -0.115. The van der Waals surface area contributed by atoms with Gasteiger partial charge in [-0.1, -0.05) is 23.7 Å². The molecule has 2 rings (SSSR count). The van der Waals surface area contributed by atoms with Crippen LogP contribution in [0.15, 0.2) is 30.3 Å². The largest absolute Gasteiger partial charge is 0.326 e. The second kappa shape index (κ2) is 6.81. The summed E-state index contributed by atoms with van der Waals surface area (Å²) in [7, 11) is -3.12. The average Bonchev–Trinajstić information content (AvgIpc) is 2.78. The number of amides is 1. The molecular formula is C15H16ClNO3S2. The van der Waals surface area contributed by atoms with Crippen LogP contribution in [-0.4, -0.2) is 20.6 Å². The van der Waals surface area contributed by atoms with E-state index in [1.54, 1.807) is 31.2 Å².